The first-order valence-electron chi connectivity index (χ1n) is 9.67. The number of hydrazone groups is 1. The molecule has 0 spiro atoms. The predicted molar refractivity (Wildman–Crippen MR) is 116 cm³/mol. The molecule has 156 valence electrons. The number of methoxy groups -OCH3 is 1. The minimum atomic E-state index is -0.411. The highest BCUT2D eigenvalue weighted by Gasteiger charge is 2.20. The van der Waals surface area contributed by atoms with Gasteiger partial charge in [-0.1, -0.05) is 18.2 Å². The molecule has 0 radical (unpaired) electrons. The third-order valence-corrected chi connectivity index (χ3v) is 5.09. The van der Waals surface area contributed by atoms with E-state index < -0.39 is 5.97 Å². The van der Waals surface area contributed by atoms with Crippen molar-refractivity contribution in [3.63, 3.8) is 0 Å². The third kappa shape index (κ3) is 4.61. The van der Waals surface area contributed by atoms with Gasteiger partial charge in [0.2, 0.25) is 0 Å². The summed E-state index contributed by atoms with van der Waals surface area (Å²) in [5.74, 6) is -0.990. The van der Waals surface area contributed by atoms with Crippen LogP contribution in [0, 0.1) is 5.82 Å². The Bertz CT molecular complexity index is 1140. The Morgan fingerprint density at radius 2 is 1.65 bits per heavy atom. The number of amides is 1. The molecule has 1 aliphatic heterocycles. The SMILES string of the molecule is COC(=O)c1ccc(/C=N/NC(=O)c2ccc3c(c2)CN(c2ccc(F)cc2)C3)cc1. The van der Waals surface area contributed by atoms with Crippen LogP contribution in [-0.4, -0.2) is 25.2 Å². The minimum Gasteiger partial charge on any atom is -0.465 e. The first kappa shape index (κ1) is 20.3. The van der Waals surface area contributed by atoms with Crippen molar-refractivity contribution < 1.29 is 18.7 Å². The number of carbonyl (C=O) groups is 2. The van der Waals surface area contributed by atoms with Crippen molar-refractivity contribution in [3.8, 4) is 0 Å². The topological polar surface area (TPSA) is 71.0 Å². The Morgan fingerprint density at radius 1 is 0.968 bits per heavy atom. The number of benzene rings is 3. The Balaban J connectivity index is 1.38. The van der Waals surface area contributed by atoms with Gasteiger partial charge in [-0.05, 0) is 65.2 Å². The molecular formula is C24H20FN3O3. The number of ether oxygens (including phenoxy) is 1. The van der Waals surface area contributed by atoms with Gasteiger partial charge >= 0.3 is 5.97 Å². The van der Waals surface area contributed by atoms with Crippen LogP contribution >= 0.6 is 0 Å². The van der Waals surface area contributed by atoms with Crippen LogP contribution in [-0.2, 0) is 17.8 Å². The zero-order valence-corrected chi connectivity index (χ0v) is 16.8. The average Bonchev–Trinajstić information content (AvgIpc) is 3.22. The van der Waals surface area contributed by atoms with Crippen LogP contribution in [0.4, 0.5) is 10.1 Å². The Kier molecular flexibility index (Phi) is 5.75. The van der Waals surface area contributed by atoms with Crippen molar-refractivity contribution in [2.24, 2.45) is 5.10 Å². The lowest BCUT2D eigenvalue weighted by molar-refractivity contribution is 0.0600. The van der Waals surface area contributed by atoms with Crippen LogP contribution in [0.1, 0.15) is 37.4 Å². The summed E-state index contributed by atoms with van der Waals surface area (Å²) in [6, 6.07) is 18.6. The number of anilines is 1. The normalized spacial score (nSPS) is 12.6. The fourth-order valence-electron chi connectivity index (χ4n) is 3.42. The van der Waals surface area contributed by atoms with Crippen LogP contribution < -0.4 is 10.3 Å². The van der Waals surface area contributed by atoms with Crippen molar-refractivity contribution >= 4 is 23.8 Å². The second kappa shape index (κ2) is 8.79. The number of fused-ring (bicyclic) bond motifs is 1. The molecule has 0 saturated heterocycles. The maximum absolute atomic E-state index is 13.2. The molecule has 0 unspecified atom stereocenters. The highest BCUT2D eigenvalue weighted by Crippen LogP contribution is 2.29. The monoisotopic (exact) mass is 417 g/mol. The van der Waals surface area contributed by atoms with E-state index in [0.29, 0.717) is 24.2 Å². The third-order valence-electron chi connectivity index (χ3n) is 5.09. The van der Waals surface area contributed by atoms with E-state index in [2.05, 4.69) is 20.2 Å². The van der Waals surface area contributed by atoms with Gasteiger partial charge in [0.05, 0.1) is 18.9 Å². The quantitative estimate of drug-likeness (QED) is 0.388. The zero-order chi connectivity index (χ0) is 21.8. The van der Waals surface area contributed by atoms with Crippen LogP contribution in [0.15, 0.2) is 71.8 Å². The summed E-state index contributed by atoms with van der Waals surface area (Å²) in [5.41, 5.74) is 7.33. The Labute approximate surface area is 179 Å². The molecule has 0 atom stereocenters. The highest BCUT2D eigenvalue weighted by molar-refractivity contribution is 5.95. The highest BCUT2D eigenvalue weighted by atomic mass is 19.1. The second-order valence-corrected chi connectivity index (χ2v) is 7.13. The van der Waals surface area contributed by atoms with Crippen molar-refractivity contribution in [2.75, 3.05) is 12.0 Å². The molecule has 4 rings (SSSR count). The maximum Gasteiger partial charge on any atom is 0.337 e. The second-order valence-electron chi connectivity index (χ2n) is 7.13. The molecule has 0 fully saturated rings. The van der Waals surface area contributed by atoms with Gasteiger partial charge in [-0.2, -0.15) is 5.10 Å². The first-order valence-corrected chi connectivity index (χ1v) is 9.67. The molecule has 0 saturated carbocycles. The minimum absolute atomic E-state index is 0.264. The van der Waals surface area contributed by atoms with Crippen LogP contribution in [0.3, 0.4) is 0 Å². The number of esters is 1. The number of hydrogen-bond acceptors (Lipinski definition) is 5. The summed E-state index contributed by atoms with van der Waals surface area (Å²) >= 11 is 0. The number of hydrogen-bond donors (Lipinski definition) is 1. The molecule has 1 N–H and O–H groups in total. The van der Waals surface area contributed by atoms with Gasteiger partial charge in [0.15, 0.2) is 0 Å². The fraction of sp³-hybridized carbons (Fsp3) is 0.125. The number of rotatable bonds is 5. The van der Waals surface area contributed by atoms with Gasteiger partial charge in [-0.25, -0.2) is 14.6 Å². The van der Waals surface area contributed by atoms with E-state index in [1.807, 2.05) is 12.1 Å². The summed E-state index contributed by atoms with van der Waals surface area (Å²) in [7, 11) is 1.33. The molecule has 0 bridgehead atoms. The number of carbonyl (C=O) groups excluding carboxylic acids is 2. The smallest absolute Gasteiger partial charge is 0.337 e. The summed E-state index contributed by atoms with van der Waals surface area (Å²) in [4.78, 5) is 26.0. The Morgan fingerprint density at radius 3 is 2.35 bits per heavy atom. The number of halogens is 1. The molecule has 3 aromatic rings. The van der Waals surface area contributed by atoms with Gasteiger partial charge in [0.25, 0.3) is 5.91 Å². The number of nitrogens with one attached hydrogen (secondary N) is 1. The molecule has 0 aliphatic carbocycles. The summed E-state index contributed by atoms with van der Waals surface area (Å²) < 4.78 is 17.8. The molecule has 31 heavy (non-hydrogen) atoms. The molecular weight excluding hydrogens is 397 g/mol. The van der Waals surface area contributed by atoms with Crippen molar-refractivity contribution in [2.45, 2.75) is 13.1 Å². The van der Waals surface area contributed by atoms with E-state index in [0.717, 1.165) is 22.4 Å². The molecule has 7 heteroatoms. The van der Waals surface area contributed by atoms with Crippen molar-refractivity contribution in [1.82, 2.24) is 5.43 Å². The van der Waals surface area contributed by atoms with Crippen molar-refractivity contribution in [3.05, 3.63) is 100 Å². The molecule has 3 aromatic carbocycles. The first-order chi connectivity index (χ1) is 15.0. The van der Waals surface area contributed by atoms with Gasteiger partial charge in [-0.3, -0.25) is 4.79 Å². The van der Waals surface area contributed by atoms with Crippen LogP contribution in [0.25, 0.3) is 0 Å². The molecule has 1 heterocycles. The van der Waals surface area contributed by atoms with Crippen LogP contribution in [0.5, 0.6) is 0 Å². The summed E-state index contributed by atoms with van der Waals surface area (Å²) in [5, 5.41) is 3.99. The van der Waals surface area contributed by atoms with Gasteiger partial charge in [0.1, 0.15) is 5.82 Å². The van der Waals surface area contributed by atoms with Gasteiger partial charge in [0, 0.05) is 24.3 Å². The number of nitrogens with zero attached hydrogens (tertiary/aromatic N) is 2. The van der Waals surface area contributed by atoms with E-state index in [-0.39, 0.29) is 11.7 Å². The van der Waals surface area contributed by atoms with E-state index in [4.69, 9.17) is 0 Å². The van der Waals surface area contributed by atoms with E-state index in [1.165, 1.54) is 25.5 Å². The largest absolute Gasteiger partial charge is 0.465 e. The fourth-order valence-corrected chi connectivity index (χ4v) is 3.42. The zero-order valence-electron chi connectivity index (χ0n) is 16.8. The summed E-state index contributed by atoms with van der Waals surface area (Å²) in [6.07, 6.45) is 1.50. The molecule has 0 aromatic heterocycles. The molecule has 1 aliphatic rings. The van der Waals surface area contributed by atoms with Crippen LogP contribution in [0.2, 0.25) is 0 Å². The lowest BCUT2D eigenvalue weighted by Crippen LogP contribution is -2.18. The maximum atomic E-state index is 13.2. The van der Waals surface area contributed by atoms with Crippen molar-refractivity contribution in [1.29, 1.82) is 0 Å². The standard InChI is InChI=1S/C24H20FN3O3/c1-31-24(30)17-4-2-16(3-5-17)13-26-27-23(29)18-6-7-19-14-28(15-20(19)12-18)22-10-8-21(25)9-11-22/h2-13H,14-15H2,1H3,(H,27,29)/b26-13+. The summed E-state index contributed by atoms with van der Waals surface area (Å²) in [6.45, 7) is 1.36. The Hall–Kier alpha value is -4.00. The molecule has 1 amide bonds. The lowest BCUT2D eigenvalue weighted by Gasteiger charge is -2.17. The van der Waals surface area contributed by atoms with E-state index >= 15 is 0 Å². The average molecular weight is 417 g/mol. The van der Waals surface area contributed by atoms with E-state index in [1.54, 1.807) is 42.5 Å². The lowest BCUT2D eigenvalue weighted by atomic mass is 10.1. The van der Waals surface area contributed by atoms with Gasteiger partial charge in [-0.15, -0.1) is 0 Å². The van der Waals surface area contributed by atoms with E-state index in [9.17, 15) is 14.0 Å². The molecule has 6 nitrogen and oxygen atoms in total. The van der Waals surface area contributed by atoms with Gasteiger partial charge < -0.3 is 9.64 Å². The predicted octanol–water partition coefficient (Wildman–Crippen LogP) is 3.90.